The van der Waals surface area contributed by atoms with E-state index in [1.54, 1.807) is 0 Å². The van der Waals surface area contributed by atoms with Crippen LogP contribution in [0.2, 0.25) is 0 Å². The summed E-state index contributed by atoms with van der Waals surface area (Å²) < 4.78 is 7.55. The van der Waals surface area contributed by atoms with E-state index in [0.29, 0.717) is 13.1 Å². The van der Waals surface area contributed by atoms with Gasteiger partial charge in [-0.05, 0) is 27.2 Å². The molecule has 140 valence electrons. The molecule has 2 aromatic heterocycles. The predicted octanol–water partition coefficient (Wildman–Crippen LogP) is 2.84. The number of aromatic nitrogens is 3. The van der Waals surface area contributed by atoms with Crippen LogP contribution in [-0.2, 0) is 11.2 Å². The molecular weight excluding hydrogens is 330 g/mol. The van der Waals surface area contributed by atoms with E-state index >= 15 is 0 Å². The van der Waals surface area contributed by atoms with E-state index in [1.165, 1.54) is 12.0 Å². The van der Waals surface area contributed by atoms with Crippen LogP contribution in [0, 0.1) is 0 Å². The molecule has 1 unspecified atom stereocenters. The Kier molecular flexibility index (Phi) is 4.04. The lowest BCUT2D eigenvalue weighted by atomic mass is 9.98. The van der Waals surface area contributed by atoms with Crippen LogP contribution in [0.25, 0.3) is 5.65 Å². The van der Waals surface area contributed by atoms with Gasteiger partial charge < -0.3 is 14.5 Å². The van der Waals surface area contributed by atoms with Crippen molar-refractivity contribution in [2.75, 3.05) is 31.1 Å². The number of ether oxygens (including phenoxy) is 1. The van der Waals surface area contributed by atoms with Gasteiger partial charge in [-0.3, -0.25) is 0 Å². The Morgan fingerprint density at radius 3 is 2.69 bits per heavy atom. The first kappa shape index (κ1) is 17.1. The SMILES string of the molecule is CC1CN(C(=O)OC(C)(C)C)CCc2nc3ccnn3c(N3CCC3)c21. The molecule has 0 saturated carbocycles. The molecule has 4 heterocycles. The molecule has 7 nitrogen and oxygen atoms in total. The van der Waals surface area contributed by atoms with Crippen molar-refractivity contribution in [3.05, 3.63) is 23.5 Å². The van der Waals surface area contributed by atoms with Crippen molar-refractivity contribution in [1.29, 1.82) is 0 Å². The summed E-state index contributed by atoms with van der Waals surface area (Å²) >= 11 is 0. The lowest BCUT2D eigenvalue weighted by molar-refractivity contribution is 0.0248. The molecule has 4 rings (SSSR count). The third-order valence-corrected chi connectivity index (χ3v) is 5.04. The summed E-state index contributed by atoms with van der Waals surface area (Å²) in [4.78, 5) is 21.6. The van der Waals surface area contributed by atoms with Crippen molar-refractivity contribution >= 4 is 17.6 Å². The summed E-state index contributed by atoms with van der Waals surface area (Å²) in [5, 5.41) is 4.50. The van der Waals surface area contributed by atoms with E-state index < -0.39 is 5.60 Å². The summed E-state index contributed by atoms with van der Waals surface area (Å²) in [6, 6.07) is 1.95. The van der Waals surface area contributed by atoms with Crippen molar-refractivity contribution in [2.45, 2.75) is 52.1 Å². The summed E-state index contributed by atoms with van der Waals surface area (Å²) in [5.41, 5.74) is 2.70. The Labute approximate surface area is 153 Å². The molecule has 0 aliphatic carbocycles. The molecule has 0 aromatic carbocycles. The Morgan fingerprint density at radius 1 is 1.27 bits per heavy atom. The zero-order chi connectivity index (χ0) is 18.5. The summed E-state index contributed by atoms with van der Waals surface area (Å²) in [5.74, 6) is 1.33. The lowest BCUT2D eigenvalue weighted by Crippen LogP contribution is -2.40. The molecule has 1 saturated heterocycles. The van der Waals surface area contributed by atoms with Crippen LogP contribution in [0.5, 0.6) is 0 Å². The van der Waals surface area contributed by atoms with Gasteiger partial charge in [0.2, 0.25) is 0 Å². The Bertz CT molecular complexity index is 834. The van der Waals surface area contributed by atoms with Crippen molar-refractivity contribution in [3.8, 4) is 0 Å². The first-order chi connectivity index (χ1) is 12.3. The minimum absolute atomic E-state index is 0.178. The van der Waals surface area contributed by atoms with Gasteiger partial charge in [0, 0.05) is 50.1 Å². The van der Waals surface area contributed by atoms with Gasteiger partial charge in [0.15, 0.2) is 5.65 Å². The second-order valence-electron chi connectivity index (χ2n) is 8.31. The average Bonchev–Trinajstić information content (AvgIpc) is 2.88. The molecule has 2 aromatic rings. The van der Waals surface area contributed by atoms with Crippen molar-refractivity contribution < 1.29 is 9.53 Å². The second kappa shape index (κ2) is 6.14. The molecule has 7 heteroatoms. The summed E-state index contributed by atoms with van der Waals surface area (Å²) in [6.45, 7) is 11.2. The Morgan fingerprint density at radius 2 is 2.04 bits per heavy atom. The third kappa shape index (κ3) is 2.99. The highest BCUT2D eigenvalue weighted by Crippen LogP contribution is 2.35. The van der Waals surface area contributed by atoms with Gasteiger partial charge in [-0.2, -0.15) is 9.61 Å². The summed E-state index contributed by atoms with van der Waals surface area (Å²) in [6.07, 6.45) is 3.51. The summed E-state index contributed by atoms with van der Waals surface area (Å²) in [7, 11) is 0. The van der Waals surface area contributed by atoms with Gasteiger partial charge in [-0.15, -0.1) is 0 Å². The predicted molar refractivity (Wildman–Crippen MR) is 99.7 cm³/mol. The maximum atomic E-state index is 12.6. The molecule has 2 aliphatic rings. The van der Waals surface area contributed by atoms with Crippen LogP contribution < -0.4 is 4.90 Å². The highest BCUT2D eigenvalue weighted by atomic mass is 16.6. The van der Waals surface area contributed by atoms with Gasteiger partial charge in [0.05, 0.1) is 11.9 Å². The fourth-order valence-electron chi connectivity index (χ4n) is 3.76. The maximum absolute atomic E-state index is 12.6. The highest BCUT2D eigenvalue weighted by molar-refractivity contribution is 5.69. The maximum Gasteiger partial charge on any atom is 0.410 e. The lowest BCUT2D eigenvalue weighted by Gasteiger charge is -2.36. The number of anilines is 1. The molecule has 1 atom stereocenters. The molecule has 26 heavy (non-hydrogen) atoms. The van der Waals surface area contributed by atoms with E-state index in [2.05, 4.69) is 16.9 Å². The molecule has 2 aliphatic heterocycles. The van der Waals surface area contributed by atoms with Gasteiger partial charge in [-0.25, -0.2) is 9.78 Å². The van der Waals surface area contributed by atoms with Crippen LogP contribution in [-0.4, -0.2) is 57.4 Å². The molecule has 1 amide bonds. The number of hydrogen-bond acceptors (Lipinski definition) is 5. The third-order valence-electron chi connectivity index (χ3n) is 5.04. The smallest absolute Gasteiger partial charge is 0.410 e. The standard InChI is InChI=1S/C19H27N5O2/c1-13-12-23(18(25)26-19(2,3)4)11-7-14-16(13)17(22-9-5-10-22)24-15(21-14)6-8-20-24/h6,8,13H,5,7,9-12H2,1-4H3. The number of fused-ring (bicyclic) bond motifs is 2. The average molecular weight is 357 g/mol. The van der Waals surface area contributed by atoms with E-state index in [4.69, 9.17) is 9.72 Å². The van der Waals surface area contributed by atoms with E-state index in [9.17, 15) is 4.79 Å². The molecule has 0 radical (unpaired) electrons. The van der Waals surface area contributed by atoms with Crippen LogP contribution in [0.1, 0.15) is 51.3 Å². The minimum Gasteiger partial charge on any atom is -0.444 e. The first-order valence-electron chi connectivity index (χ1n) is 9.43. The molecular formula is C19H27N5O2. The van der Waals surface area contributed by atoms with E-state index in [1.807, 2.05) is 42.4 Å². The van der Waals surface area contributed by atoms with Crippen molar-refractivity contribution in [3.63, 3.8) is 0 Å². The second-order valence-corrected chi connectivity index (χ2v) is 8.31. The largest absolute Gasteiger partial charge is 0.444 e. The monoisotopic (exact) mass is 357 g/mol. The number of hydrogen-bond donors (Lipinski definition) is 0. The number of carbonyl (C=O) groups excluding carboxylic acids is 1. The molecule has 0 N–H and O–H groups in total. The van der Waals surface area contributed by atoms with Crippen molar-refractivity contribution in [2.24, 2.45) is 0 Å². The van der Waals surface area contributed by atoms with Gasteiger partial charge in [0.25, 0.3) is 0 Å². The highest BCUT2D eigenvalue weighted by Gasteiger charge is 2.33. The normalized spacial score (nSPS) is 20.5. The molecule has 1 fully saturated rings. The minimum atomic E-state index is -0.485. The Hall–Kier alpha value is -2.31. The molecule has 0 spiro atoms. The van der Waals surface area contributed by atoms with Crippen LogP contribution in [0.15, 0.2) is 12.3 Å². The zero-order valence-electron chi connectivity index (χ0n) is 16.0. The zero-order valence-corrected chi connectivity index (χ0v) is 16.0. The fourth-order valence-corrected chi connectivity index (χ4v) is 3.76. The van der Waals surface area contributed by atoms with Crippen LogP contribution in [0.3, 0.4) is 0 Å². The number of carbonyl (C=O) groups is 1. The number of rotatable bonds is 1. The number of nitrogens with zero attached hydrogens (tertiary/aromatic N) is 5. The number of amides is 1. The van der Waals surface area contributed by atoms with E-state index in [0.717, 1.165) is 36.7 Å². The van der Waals surface area contributed by atoms with Gasteiger partial charge >= 0.3 is 6.09 Å². The van der Waals surface area contributed by atoms with Gasteiger partial charge in [0.1, 0.15) is 11.4 Å². The first-order valence-corrected chi connectivity index (χ1v) is 9.43. The topological polar surface area (TPSA) is 63.0 Å². The van der Waals surface area contributed by atoms with Crippen LogP contribution in [0.4, 0.5) is 10.6 Å². The van der Waals surface area contributed by atoms with Gasteiger partial charge in [-0.1, -0.05) is 6.92 Å². The quantitative estimate of drug-likeness (QED) is 0.785. The fraction of sp³-hybridized carbons (Fsp3) is 0.632. The Balaban J connectivity index is 1.70. The molecule has 0 bridgehead atoms. The van der Waals surface area contributed by atoms with Crippen molar-refractivity contribution in [1.82, 2.24) is 19.5 Å². The van der Waals surface area contributed by atoms with E-state index in [-0.39, 0.29) is 12.0 Å². The van der Waals surface area contributed by atoms with Crippen LogP contribution >= 0.6 is 0 Å².